The molecule has 1 fully saturated rings. The third-order valence-electron chi connectivity index (χ3n) is 2.99. The Morgan fingerprint density at radius 1 is 1.38 bits per heavy atom. The van der Waals surface area contributed by atoms with E-state index in [1.807, 2.05) is 6.07 Å². The molecular formula is C13H18N2O. The van der Waals surface area contributed by atoms with Gasteiger partial charge in [0.2, 0.25) is 5.91 Å². The van der Waals surface area contributed by atoms with E-state index in [4.69, 9.17) is 5.73 Å². The van der Waals surface area contributed by atoms with Gasteiger partial charge in [0, 0.05) is 19.0 Å². The molecule has 16 heavy (non-hydrogen) atoms. The fraction of sp³-hybridized carbons (Fsp3) is 0.462. The molecule has 86 valence electrons. The van der Waals surface area contributed by atoms with Crippen molar-refractivity contribution in [2.75, 3.05) is 6.54 Å². The molecule has 0 heterocycles. The van der Waals surface area contributed by atoms with Crippen molar-refractivity contribution in [3.05, 3.63) is 35.9 Å². The van der Waals surface area contributed by atoms with E-state index in [9.17, 15) is 4.79 Å². The van der Waals surface area contributed by atoms with E-state index in [1.165, 1.54) is 18.4 Å². The number of rotatable bonds is 6. The molecule has 0 bridgehead atoms. The van der Waals surface area contributed by atoms with Gasteiger partial charge < -0.3 is 11.1 Å². The first-order chi connectivity index (χ1) is 7.77. The lowest BCUT2D eigenvalue weighted by Gasteiger charge is -2.18. The van der Waals surface area contributed by atoms with Gasteiger partial charge in [-0.05, 0) is 24.3 Å². The van der Waals surface area contributed by atoms with Crippen molar-refractivity contribution in [1.82, 2.24) is 5.32 Å². The Bertz CT molecular complexity index is 346. The lowest BCUT2D eigenvalue weighted by Crippen LogP contribution is -2.27. The van der Waals surface area contributed by atoms with Crippen LogP contribution in [0.1, 0.15) is 30.9 Å². The molecule has 1 atom stereocenters. The van der Waals surface area contributed by atoms with Crippen molar-refractivity contribution >= 4 is 5.91 Å². The molecule has 0 radical (unpaired) electrons. The molecule has 3 heteroatoms. The average Bonchev–Trinajstić information content (AvgIpc) is 3.09. The van der Waals surface area contributed by atoms with E-state index < -0.39 is 0 Å². The summed E-state index contributed by atoms with van der Waals surface area (Å²) in [5, 5.41) is 3.43. The second-order valence-electron chi connectivity index (χ2n) is 4.40. The van der Waals surface area contributed by atoms with Crippen LogP contribution >= 0.6 is 0 Å². The number of primary amides is 1. The average molecular weight is 218 g/mol. The van der Waals surface area contributed by atoms with Gasteiger partial charge in [-0.15, -0.1) is 0 Å². The predicted molar refractivity (Wildman–Crippen MR) is 63.7 cm³/mol. The van der Waals surface area contributed by atoms with E-state index in [0.717, 1.165) is 5.92 Å². The molecule has 0 saturated heterocycles. The first kappa shape index (κ1) is 11.1. The monoisotopic (exact) mass is 218 g/mol. The Balaban J connectivity index is 1.93. The number of hydrogen-bond donors (Lipinski definition) is 2. The van der Waals surface area contributed by atoms with Gasteiger partial charge in [-0.1, -0.05) is 30.3 Å². The molecule has 0 aliphatic heterocycles. The Hall–Kier alpha value is -1.35. The van der Waals surface area contributed by atoms with E-state index in [-0.39, 0.29) is 5.91 Å². The summed E-state index contributed by atoms with van der Waals surface area (Å²) in [6, 6.07) is 10.8. The van der Waals surface area contributed by atoms with Crippen LogP contribution in [0.4, 0.5) is 0 Å². The third-order valence-corrected chi connectivity index (χ3v) is 2.99. The van der Waals surface area contributed by atoms with Gasteiger partial charge >= 0.3 is 0 Å². The minimum absolute atomic E-state index is 0.241. The number of amides is 1. The molecule has 1 aliphatic rings. The van der Waals surface area contributed by atoms with Gasteiger partial charge in [-0.25, -0.2) is 0 Å². The van der Waals surface area contributed by atoms with Gasteiger partial charge in [-0.3, -0.25) is 4.79 Å². The number of hydrogen-bond acceptors (Lipinski definition) is 2. The fourth-order valence-corrected chi connectivity index (χ4v) is 2.00. The summed E-state index contributed by atoms with van der Waals surface area (Å²) in [5.41, 5.74) is 6.44. The highest BCUT2D eigenvalue weighted by atomic mass is 16.1. The molecule has 3 nitrogen and oxygen atoms in total. The van der Waals surface area contributed by atoms with Gasteiger partial charge in [-0.2, -0.15) is 0 Å². The van der Waals surface area contributed by atoms with Crippen LogP contribution in [0.25, 0.3) is 0 Å². The standard InChI is InChI=1S/C13H18N2O/c14-12(16)8-9-15-13(11-6-7-11)10-4-2-1-3-5-10/h1-5,11,13,15H,6-9H2,(H2,14,16). The summed E-state index contributed by atoms with van der Waals surface area (Å²) in [5.74, 6) is 0.491. The Kier molecular flexibility index (Phi) is 3.57. The van der Waals surface area contributed by atoms with E-state index >= 15 is 0 Å². The minimum atomic E-state index is -0.241. The van der Waals surface area contributed by atoms with Gasteiger partial charge in [0.25, 0.3) is 0 Å². The second-order valence-corrected chi connectivity index (χ2v) is 4.40. The lowest BCUT2D eigenvalue weighted by atomic mass is 10.0. The molecule has 1 aliphatic carbocycles. The summed E-state index contributed by atoms with van der Waals surface area (Å²) in [6.45, 7) is 0.672. The number of carbonyl (C=O) groups excluding carboxylic acids is 1. The predicted octanol–water partition coefficient (Wildman–Crippen LogP) is 1.60. The zero-order valence-corrected chi connectivity index (χ0v) is 9.36. The minimum Gasteiger partial charge on any atom is -0.370 e. The summed E-state index contributed by atoms with van der Waals surface area (Å²) >= 11 is 0. The molecule has 2 rings (SSSR count). The molecule has 1 aromatic rings. The highest BCUT2D eigenvalue weighted by Crippen LogP contribution is 2.40. The lowest BCUT2D eigenvalue weighted by molar-refractivity contribution is -0.117. The zero-order valence-electron chi connectivity index (χ0n) is 9.36. The number of nitrogens with two attached hydrogens (primary N) is 1. The van der Waals surface area contributed by atoms with Crippen LogP contribution in [0, 0.1) is 5.92 Å². The Morgan fingerprint density at radius 2 is 2.06 bits per heavy atom. The molecule has 1 saturated carbocycles. The van der Waals surface area contributed by atoms with Crippen LogP contribution in [0.2, 0.25) is 0 Å². The Labute approximate surface area is 96.0 Å². The maximum Gasteiger partial charge on any atom is 0.218 e. The number of carbonyl (C=O) groups is 1. The maximum absolute atomic E-state index is 10.7. The van der Waals surface area contributed by atoms with Crippen molar-refractivity contribution in [2.24, 2.45) is 11.7 Å². The molecule has 1 amide bonds. The van der Waals surface area contributed by atoms with Crippen molar-refractivity contribution in [3.8, 4) is 0 Å². The number of benzene rings is 1. The van der Waals surface area contributed by atoms with Crippen LogP contribution < -0.4 is 11.1 Å². The number of nitrogens with one attached hydrogen (secondary N) is 1. The smallest absolute Gasteiger partial charge is 0.218 e. The molecular weight excluding hydrogens is 200 g/mol. The summed E-state index contributed by atoms with van der Waals surface area (Å²) in [4.78, 5) is 10.7. The third kappa shape index (κ3) is 3.07. The fourth-order valence-electron chi connectivity index (χ4n) is 2.00. The SMILES string of the molecule is NC(=O)CCNC(c1ccccc1)C1CC1. The van der Waals surface area contributed by atoms with Gasteiger partial charge in [0.1, 0.15) is 0 Å². The molecule has 1 unspecified atom stereocenters. The summed E-state index contributed by atoms with van der Waals surface area (Å²) in [6.07, 6.45) is 2.97. The topological polar surface area (TPSA) is 55.1 Å². The maximum atomic E-state index is 10.7. The van der Waals surface area contributed by atoms with Crippen LogP contribution in [0.5, 0.6) is 0 Å². The zero-order chi connectivity index (χ0) is 11.4. The molecule has 3 N–H and O–H groups in total. The van der Waals surface area contributed by atoms with Crippen molar-refractivity contribution in [3.63, 3.8) is 0 Å². The van der Waals surface area contributed by atoms with Crippen molar-refractivity contribution in [1.29, 1.82) is 0 Å². The highest BCUT2D eigenvalue weighted by molar-refractivity contribution is 5.73. The first-order valence-electron chi connectivity index (χ1n) is 5.84. The van der Waals surface area contributed by atoms with E-state index in [0.29, 0.717) is 19.0 Å². The van der Waals surface area contributed by atoms with Crippen LogP contribution in [-0.4, -0.2) is 12.5 Å². The van der Waals surface area contributed by atoms with Crippen molar-refractivity contribution < 1.29 is 4.79 Å². The quantitative estimate of drug-likeness (QED) is 0.762. The largest absolute Gasteiger partial charge is 0.370 e. The van der Waals surface area contributed by atoms with Crippen LogP contribution in [0.15, 0.2) is 30.3 Å². The van der Waals surface area contributed by atoms with Crippen LogP contribution in [-0.2, 0) is 4.79 Å². The second kappa shape index (κ2) is 5.12. The van der Waals surface area contributed by atoms with E-state index in [1.54, 1.807) is 0 Å². The molecule has 0 aromatic heterocycles. The summed E-state index contributed by atoms with van der Waals surface area (Å²) < 4.78 is 0. The molecule has 0 spiro atoms. The highest BCUT2D eigenvalue weighted by Gasteiger charge is 2.31. The Morgan fingerprint density at radius 3 is 2.62 bits per heavy atom. The normalized spacial score (nSPS) is 17.0. The van der Waals surface area contributed by atoms with Crippen LogP contribution in [0.3, 0.4) is 0 Å². The van der Waals surface area contributed by atoms with Gasteiger partial charge in [0.15, 0.2) is 0 Å². The van der Waals surface area contributed by atoms with Crippen molar-refractivity contribution in [2.45, 2.75) is 25.3 Å². The molecule has 1 aromatic carbocycles. The van der Waals surface area contributed by atoms with Gasteiger partial charge in [0.05, 0.1) is 0 Å². The van der Waals surface area contributed by atoms with E-state index in [2.05, 4.69) is 29.6 Å². The first-order valence-corrected chi connectivity index (χ1v) is 5.84. The summed E-state index contributed by atoms with van der Waals surface area (Å²) in [7, 11) is 0.